The summed E-state index contributed by atoms with van der Waals surface area (Å²) in [7, 11) is 1.47. The second-order valence-electron chi connectivity index (χ2n) is 6.37. The molecule has 5 nitrogen and oxygen atoms in total. The lowest BCUT2D eigenvalue weighted by atomic mass is 10.0. The molecule has 0 radical (unpaired) electrons. The van der Waals surface area contributed by atoms with Gasteiger partial charge >= 0.3 is 0 Å². The SMILES string of the molecule is COc1ccccc1N1C(=O)C(Nc2ccccc2)=C(c2ccc(F)cc2)C1=O. The lowest BCUT2D eigenvalue weighted by Crippen LogP contribution is -2.32. The Balaban J connectivity index is 1.84. The molecule has 1 heterocycles. The first-order valence-electron chi connectivity index (χ1n) is 8.94. The van der Waals surface area contributed by atoms with E-state index in [1.54, 1.807) is 36.4 Å². The molecular weight excluding hydrogens is 371 g/mol. The average molecular weight is 388 g/mol. The average Bonchev–Trinajstić information content (AvgIpc) is 2.99. The number of rotatable bonds is 5. The second-order valence-corrected chi connectivity index (χ2v) is 6.37. The molecule has 0 spiro atoms. The van der Waals surface area contributed by atoms with Gasteiger partial charge in [-0.3, -0.25) is 9.59 Å². The Morgan fingerprint density at radius 2 is 1.48 bits per heavy atom. The maximum atomic E-state index is 13.4. The van der Waals surface area contributed by atoms with Crippen molar-refractivity contribution in [3.8, 4) is 5.75 Å². The van der Waals surface area contributed by atoms with Gasteiger partial charge in [-0.15, -0.1) is 0 Å². The van der Waals surface area contributed by atoms with Crippen LogP contribution in [0.2, 0.25) is 0 Å². The standard InChI is InChI=1S/C23H17FN2O3/c1-29-19-10-6-5-9-18(19)26-22(27)20(15-11-13-16(24)14-12-15)21(23(26)28)25-17-7-3-2-4-8-17/h2-14,25H,1H3. The molecule has 144 valence electrons. The number of methoxy groups -OCH3 is 1. The number of hydrogen-bond donors (Lipinski definition) is 1. The van der Waals surface area contributed by atoms with Crippen LogP contribution in [0.3, 0.4) is 0 Å². The van der Waals surface area contributed by atoms with E-state index < -0.39 is 17.6 Å². The van der Waals surface area contributed by atoms with Crippen LogP contribution in [0.5, 0.6) is 5.75 Å². The summed E-state index contributed by atoms with van der Waals surface area (Å²) in [5.74, 6) is -1.05. The monoisotopic (exact) mass is 388 g/mol. The first-order chi connectivity index (χ1) is 14.1. The van der Waals surface area contributed by atoms with Crippen LogP contribution >= 0.6 is 0 Å². The Bertz CT molecular complexity index is 1110. The summed E-state index contributed by atoms with van der Waals surface area (Å²) in [4.78, 5) is 27.7. The summed E-state index contributed by atoms with van der Waals surface area (Å²) in [6.07, 6.45) is 0. The highest BCUT2D eigenvalue weighted by molar-refractivity contribution is 6.46. The predicted octanol–water partition coefficient (Wildman–Crippen LogP) is 4.23. The van der Waals surface area contributed by atoms with Crippen molar-refractivity contribution in [3.63, 3.8) is 0 Å². The molecule has 29 heavy (non-hydrogen) atoms. The molecule has 0 fully saturated rings. The number of anilines is 2. The number of carbonyl (C=O) groups is 2. The topological polar surface area (TPSA) is 58.6 Å². The molecule has 0 aliphatic carbocycles. The number of halogens is 1. The minimum Gasteiger partial charge on any atom is -0.495 e. The van der Waals surface area contributed by atoms with Crippen molar-refractivity contribution in [1.82, 2.24) is 0 Å². The molecule has 1 N–H and O–H groups in total. The van der Waals surface area contributed by atoms with E-state index in [0.29, 0.717) is 22.7 Å². The molecule has 1 aliphatic heterocycles. The third-order valence-corrected chi connectivity index (χ3v) is 4.59. The fourth-order valence-corrected chi connectivity index (χ4v) is 3.23. The van der Waals surface area contributed by atoms with Gasteiger partial charge in [-0.05, 0) is 42.0 Å². The molecule has 0 saturated heterocycles. The fourth-order valence-electron chi connectivity index (χ4n) is 3.23. The third kappa shape index (κ3) is 3.36. The minimum atomic E-state index is -0.511. The molecule has 0 bridgehead atoms. The summed E-state index contributed by atoms with van der Waals surface area (Å²) in [6, 6.07) is 21.3. The highest BCUT2D eigenvalue weighted by Crippen LogP contribution is 2.37. The van der Waals surface area contributed by atoms with E-state index in [-0.39, 0.29) is 11.3 Å². The quantitative estimate of drug-likeness (QED) is 0.665. The molecule has 3 aromatic rings. The molecule has 6 heteroatoms. The third-order valence-electron chi connectivity index (χ3n) is 4.59. The van der Waals surface area contributed by atoms with E-state index in [1.807, 2.05) is 18.2 Å². The summed E-state index contributed by atoms with van der Waals surface area (Å²) < 4.78 is 18.8. The van der Waals surface area contributed by atoms with Crippen molar-refractivity contribution in [2.24, 2.45) is 0 Å². The Morgan fingerprint density at radius 1 is 0.828 bits per heavy atom. The van der Waals surface area contributed by atoms with Gasteiger partial charge in [0.15, 0.2) is 0 Å². The summed E-state index contributed by atoms with van der Waals surface area (Å²) >= 11 is 0. The van der Waals surface area contributed by atoms with E-state index >= 15 is 0 Å². The van der Waals surface area contributed by atoms with Crippen LogP contribution in [-0.4, -0.2) is 18.9 Å². The van der Waals surface area contributed by atoms with Crippen LogP contribution in [0.15, 0.2) is 84.6 Å². The number of ether oxygens (including phenoxy) is 1. The van der Waals surface area contributed by atoms with Crippen LogP contribution in [0.1, 0.15) is 5.56 Å². The van der Waals surface area contributed by atoms with E-state index in [0.717, 1.165) is 4.90 Å². The molecule has 0 aromatic heterocycles. The molecule has 0 atom stereocenters. The Labute approximate surface area is 167 Å². The molecule has 2 amide bonds. The fraction of sp³-hybridized carbons (Fsp3) is 0.0435. The van der Waals surface area contributed by atoms with Gasteiger partial charge in [0, 0.05) is 5.69 Å². The zero-order valence-corrected chi connectivity index (χ0v) is 15.6. The number of benzene rings is 3. The zero-order valence-electron chi connectivity index (χ0n) is 15.6. The molecule has 4 rings (SSSR count). The van der Waals surface area contributed by atoms with E-state index in [4.69, 9.17) is 4.74 Å². The van der Waals surface area contributed by atoms with Gasteiger partial charge < -0.3 is 10.1 Å². The van der Waals surface area contributed by atoms with Gasteiger partial charge in [-0.1, -0.05) is 42.5 Å². The van der Waals surface area contributed by atoms with Gasteiger partial charge in [0.2, 0.25) is 0 Å². The molecular formula is C23H17FN2O3. The maximum Gasteiger partial charge on any atom is 0.282 e. The van der Waals surface area contributed by atoms with Gasteiger partial charge in [-0.25, -0.2) is 9.29 Å². The number of nitrogens with one attached hydrogen (secondary N) is 1. The Morgan fingerprint density at radius 3 is 2.17 bits per heavy atom. The first kappa shape index (κ1) is 18.4. The van der Waals surface area contributed by atoms with Crippen LogP contribution in [0.25, 0.3) is 5.57 Å². The second kappa shape index (κ2) is 7.59. The normalized spacial score (nSPS) is 13.8. The maximum absolute atomic E-state index is 13.4. The van der Waals surface area contributed by atoms with E-state index in [9.17, 15) is 14.0 Å². The lowest BCUT2D eigenvalue weighted by Gasteiger charge is -2.18. The number of imide groups is 1. The highest BCUT2D eigenvalue weighted by Gasteiger charge is 2.41. The molecule has 0 saturated carbocycles. The zero-order chi connectivity index (χ0) is 20.4. The number of hydrogen-bond acceptors (Lipinski definition) is 4. The van der Waals surface area contributed by atoms with Crippen LogP contribution in [0, 0.1) is 5.82 Å². The lowest BCUT2D eigenvalue weighted by molar-refractivity contribution is -0.120. The van der Waals surface area contributed by atoms with Crippen molar-refractivity contribution >= 4 is 28.8 Å². The van der Waals surface area contributed by atoms with Gasteiger partial charge in [-0.2, -0.15) is 0 Å². The van der Waals surface area contributed by atoms with Crippen molar-refractivity contribution in [2.45, 2.75) is 0 Å². The van der Waals surface area contributed by atoms with Crippen LogP contribution < -0.4 is 15.0 Å². The largest absolute Gasteiger partial charge is 0.495 e. The number of carbonyl (C=O) groups excluding carboxylic acids is 2. The van der Waals surface area contributed by atoms with Crippen molar-refractivity contribution in [3.05, 3.63) is 95.9 Å². The van der Waals surface area contributed by atoms with E-state index in [1.165, 1.54) is 31.4 Å². The predicted molar refractivity (Wildman–Crippen MR) is 109 cm³/mol. The molecule has 3 aromatic carbocycles. The van der Waals surface area contributed by atoms with Crippen molar-refractivity contribution in [2.75, 3.05) is 17.3 Å². The summed E-state index contributed by atoms with van der Waals surface area (Å²) in [5, 5.41) is 3.05. The van der Waals surface area contributed by atoms with Crippen molar-refractivity contribution in [1.29, 1.82) is 0 Å². The smallest absolute Gasteiger partial charge is 0.282 e. The first-order valence-corrected chi connectivity index (χ1v) is 8.94. The van der Waals surface area contributed by atoms with Gasteiger partial charge in [0.25, 0.3) is 11.8 Å². The molecule has 1 aliphatic rings. The molecule has 0 unspecified atom stereocenters. The highest BCUT2D eigenvalue weighted by atomic mass is 19.1. The van der Waals surface area contributed by atoms with Gasteiger partial charge in [0.05, 0.1) is 18.4 Å². The summed E-state index contributed by atoms with van der Waals surface area (Å²) in [6.45, 7) is 0. The Hall–Kier alpha value is -3.93. The Kier molecular flexibility index (Phi) is 4.83. The number of nitrogens with zero attached hydrogens (tertiary/aromatic N) is 1. The minimum absolute atomic E-state index is 0.124. The van der Waals surface area contributed by atoms with Crippen molar-refractivity contribution < 1.29 is 18.7 Å². The van der Waals surface area contributed by atoms with E-state index in [2.05, 4.69) is 5.32 Å². The number of para-hydroxylation sites is 3. The summed E-state index contributed by atoms with van der Waals surface area (Å²) in [5.41, 5.74) is 1.74. The van der Waals surface area contributed by atoms with Gasteiger partial charge in [0.1, 0.15) is 17.3 Å². The number of amides is 2. The van der Waals surface area contributed by atoms with Crippen LogP contribution in [0.4, 0.5) is 15.8 Å². The van der Waals surface area contributed by atoms with Crippen LogP contribution in [-0.2, 0) is 9.59 Å².